The fourth-order valence-electron chi connectivity index (χ4n) is 2.99. The quantitative estimate of drug-likeness (QED) is 0.821. The molecule has 1 aliphatic rings. The Morgan fingerprint density at radius 3 is 2.27 bits per heavy atom. The Labute approximate surface area is 155 Å². The molecule has 0 N–H and O–H groups in total. The van der Waals surface area contributed by atoms with Crippen LogP contribution in [0.3, 0.4) is 0 Å². The van der Waals surface area contributed by atoms with Crippen molar-refractivity contribution in [3.05, 3.63) is 48.2 Å². The summed E-state index contributed by atoms with van der Waals surface area (Å²) in [5, 5.41) is 7.70. The molecule has 3 rings (SSSR count). The van der Waals surface area contributed by atoms with Crippen LogP contribution in [0.15, 0.2) is 47.5 Å². The smallest absolute Gasteiger partial charge is 0.243 e. The zero-order valence-corrected chi connectivity index (χ0v) is 16.2. The molecule has 0 amide bonds. The molecule has 1 aliphatic heterocycles. The number of hydrogen-bond donors (Lipinski definition) is 0. The summed E-state index contributed by atoms with van der Waals surface area (Å²) < 4.78 is 33.1. The first kappa shape index (κ1) is 18.8. The summed E-state index contributed by atoms with van der Waals surface area (Å²) in [6.45, 7) is 7.21. The highest BCUT2D eigenvalue weighted by molar-refractivity contribution is 7.89. The molecule has 0 radical (unpaired) electrons. The van der Waals surface area contributed by atoms with E-state index in [9.17, 15) is 8.42 Å². The van der Waals surface area contributed by atoms with Crippen LogP contribution in [0, 0.1) is 0 Å². The number of rotatable bonds is 4. The minimum absolute atomic E-state index is 0.00168. The van der Waals surface area contributed by atoms with Gasteiger partial charge in [0.25, 0.3) is 0 Å². The fourth-order valence-corrected chi connectivity index (χ4v) is 4.46. The van der Waals surface area contributed by atoms with Gasteiger partial charge in [0.05, 0.1) is 4.90 Å². The molecule has 1 fully saturated rings. The summed E-state index contributed by atoms with van der Waals surface area (Å²) in [6.07, 6.45) is 2.82. The number of aromatic nitrogens is 2. The molecule has 0 spiro atoms. The van der Waals surface area contributed by atoms with Crippen molar-refractivity contribution in [2.24, 2.45) is 0 Å². The summed E-state index contributed by atoms with van der Waals surface area (Å²) >= 11 is 0. The number of nitrogens with zero attached hydrogens (tertiary/aromatic N) is 3. The van der Waals surface area contributed by atoms with Crippen molar-refractivity contribution in [3.63, 3.8) is 0 Å². The van der Waals surface area contributed by atoms with Crippen molar-refractivity contribution in [1.29, 1.82) is 0 Å². The average molecular weight is 375 g/mol. The van der Waals surface area contributed by atoms with Gasteiger partial charge in [0.1, 0.15) is 6.10 Å². The SMILES string of the molecule is CC(C)(C)c1ccc(S(=O)(=O)N2CCC(Oc3cccnn3)CC2)cc1. The van der Waals surface area contributed by atoms with E-state index in [0.717, 1.165) is 5.56 Å². The Morgan fingerprint density at radius 1 is 1.08 bits per heavy atom. The number of sulfonamides is 1. The normalized spacial score (nSPS) is 17.2. The summed E-state index contributed by atoms with van der Waals surface area (Å²) in [6, 6.07) is 10.7. The maximum atomic E-state index is 12.9. The maximum absolute atomic E-state index is 12.9. The number of piperidine rings is 1. The second kappa shape index (κ2) is 7.32. The molecule has 0 bridgehead atoms. The van der Waals surface area contributed by atoms with Gasteiger partial charge in [-0.15, -0.1) is 5.10 Å². The number of hydrogen-bond acceptors (Lipinski definition) is 5. The van der Waals surface area contributed by atoms with Gasteiger partial charge in [-0.25, -0.2) is 8.42 Å². The van der Waals surface area contributed by atoms with Crippen LogP contribution in [0.4, 0.5) is 0 Å². The lowest BCUT2D eigenvalue weighted by Gasteiger charge is -2.31. The molecule has 1 aromatic heterocycles. The summed E-state index contributed by atoms with van der Waals surface area (Å²) in [7, 11) is -3.47. The zero-order valence-electron chi connectivity index (χ0n) is 15.4. The summed E-state index contributed by atoms with van der Waals surface area (Å²) in [5.74, 6) is 0.478. The van der Waals surface area contributed by atoms with E-state index in [2.05, 4.69) is 31.0 Å². The van der Waals surface area contributed by atoms with Gasteiger partial charge >= 0.3 is 0 Å². The van der Waals surface area contributed by atoms with E-state index in [4.69, 9.17) is 4.74 Å². The standard InChI is InChI=1S/C19H25N3O3S/c1-19(2,3)15-6-8-17(9-7-15)26(23,24)22-13-10-16(11-14-22)25-18-5-4-12-20-21-18/h4-9,12,16H,10-11,13-14H2,1-3H3. The van der Waals surface area contributed by atoms with Crippen LogP contribution in [0.1, 0.15) is 39.2 Å². The van der Waals surface area contributed by atoms with Gasteiger partial charge < -0.3 is 4.74 Å². The topological polar surface area (TPSA) is 72.4 Å². The predicted octanol–water partition coefficient (Wildman–Crippen LogP) is 3.01. The van der Waals surface area contributed by atoms with Crippen molar-refractivity contribution in [2.75, 3.05) is 13.1 Å². The minimum atomic E-state index is -3.47. The van der Waals surface area contributed by atoms with E-state index in [1.165, 1.54) is 4.31 Å². The van der Waals surface area contributed by atoms with Gasteiger partial charge in [0.2, 0.25) is 15.9 Å². The molecule has 0 unspecified atom stereocenters. The zero-order chi connectivity index (χ0) is 18.8. The molecular formula is C19H25N3O3S. The van der Waals surface area contributed by atoms with Crippen molar-refractivity contribution in [2.45, 2.75) is 50.0 Å². The molecule has 1 aromatic carbocycles. The highest BCUT2D eigenvalue weighted by Crippen LogP contribution is 2.26. The van der Waals surface area contributed by atoms with E-state index in [0.29, 0.717) is 36.7 Å². The van der Waals surface area contributed by atoms with E-state index in [1.807, 2.05) is 12.1 Å². The first-order valence-corrected chi connectivity index (χ1v) is 10.3. The third-order valence-electron chi connectivity index (χ3n) is 4.59. The lowest BCUT2D eigenvalue weighted by molar-refractivity contribution is 0.128. The molecule has 1 saturated heterocycles. The van der Waals surface area contributed by atoms with Crippen LogP contribution >= 0.6 is 0 Å². The largest absolute Gasteiger partial charge is 0.473 e. The van der Waals surface area contributed by atoms with Crippen LogP contribution in [-0.4, -0.2) is 42.1 Å². The van der Waals surface area contributed by atoms with E-state index in [-0.39, 0.29) is 11.5 Å². The van der Waals surface area contributed by atoms with E-state index >= 15 is 0 Å². The molecule has 0 aliphatic carbocycles. The third-order valence-corrected chi connectivity index (χ3v) is 6.51. The van der Waals surface area contributed by atoms with Crippen molar-refractivity contribution < 1.29 is 13.2 Å². The van der Waals surface area contributed by atoms with Crippen molar-refractivity contribution in [3.8, 4) is 5.88 Å². The summed E-state index contributed by atoms with van der Waals surface area (Å²) in [5.41, 5.74) is 1.12. The van der Waals surface area contributed by atoms with Gasteiger partial charge in [0, 0.05) is 25.4 Å². The summed E-state index contributed by atoms with van der Waals surface area (Å²) in [4.78, 5) is 0.346. The van der Waals surface area contributed by atoms with Crippen LogP contribution < -0.4 is 4.74 Å². The lowest BCUT2D eigenvalue weighted by Crippen LogP contribution is -2.41. The maximum Gasteiger partial charge on any atom is 0.243 e. The van der Waals surface area contributed by atoms with Crippen LogP contribution in [-0.2, 0) is 15.4 Å². The Hall–Kier alpha value is -1.99. The lowest BCUT2D eigenvalue weighted by atomic mass is 9.87. The highest BCUT2D eigenvalue weighted by atomic mass is 32.2. The van der Waals surface area contributed by atoms with Crippen LogP contribution in [0.2, 0.25) is 0 Å². The molecule has 0 saturated carbocycles. The van der Waals surface area contributed by atoms with Gasteiger partial charge in [0.15, 0.2) is 0 Å². The molecule has 2 heterocycles. The second-order valence-corrected chi connectivity index (χ2v) is 9.50. The second-order valence-electron chi connectivity index (χ2n) is 7.56. The van der Waals surface area contributed by atoms with E-state index in [1.54, 1.807) is 30.5 Å². The Morgan fingerprint density at radius 2 is 1.73 bits per heavy atom. The molecule has 0 atom stereocenters. The molecule has 6 nitrogen and oxygen atoms in total. The first-order valence-electron chi connectivity index (χ1n) is 8.82. The van der Waals surface area contributed by atoms with Gasteiger partial charge in [-0.2, -0.15) is 9.40 Å². The van der Waals surface area contributed by atoms with Gasteiger partial charge in [-0.1, -0.05) is 32.9 Å². The molecule has 26 heavy (non-hydrogen) atoms. The van der Waals surface area contributed by atoms with Crippen molar-refractivity contribution >= 4 is 10.0 Å². The van der Waals surface area contributed by atoms with Crippen molar-refractivity contribution in [1.82, 2.24) is 14.5 Å². The highest BCUT2D eigenvalue weighted by Gasteiger charge is 2.30. The molecular weight excluding hydrogens is 350 g/mol. The molecule has 7 heteroatoms. The number of benzene rings is 1. The van der Waals surface area contributed by atoms with E-state index < -0.39 is 10.0 Å². The average Bonchev–Trinajstić information content (AvgIpc) is 2.62. The van der Waals surface area contributed by atoms with Crippen LogP contribution in [0.5, 0.6) is 5.88 Å². The monoisotopic (exact) mass is 375 g/mol. The van der Waals surface area contributed by atoms with Gasteiger partial charge in [-0.05, 0) is 42.0 Å². The predicted molar refractivity (Wildman–Crippen MR) is 99.6 cm³/mol. The molecule has 140 valence electrons. The first-order chi connectivity index (χ1) is 12.3. The number of ether oxygens (including phenoxy) is 1. The van der Waals surface area contributed by atoms with Crippen LogP contribution in [0.25, 0.3) is 0 Å². The fraction of sp³-hybridized carbons (Fsp3) is 0.474. The minimum Gasteiger partial charge on any atom is -0.473 e. The Kier molecular flexibility index (Phi) is 5.29. The molecule has 2 aromatic rings. The Bertz CT molecular complexity index is 823. The van der Waals surface area contributed by atoms with Gasteiger partial charge in [-0.3, -0.25) is 0 Å². The Balaban J connectivity index is 1.64. The third kappa shape index (κ3) is 4.22.